The van der Waals surface area contributed by atoms with Gasteiger partial charge in [-0.05, 0) is 146 Å². The third kappa shape index (κ3) is 12.4. The Balaban J connectivity index is 0.000000126. The highest BCUT2D eigenvalue weighted by Gasteiger charge is 2.18. The van der Waals surface area contributed by atoms with Gasteiger partial charge in [-0.25, -0.2) is 22.5 Å². The lowest BCUT2D eigenvalue weighted by atomic mass is 10.1. The first-order valence-corrected chi connectivity index (χ1v) is 28.8. The number of anilines is 1. The van der Waals surface area contributed by atoms with E-state index in [0.717, 1.165) is 67.3 Å². The Kier molecular flexibility index (Phi) is 16.5. The molecule has 0 aliphatic carbocycles. The minimum absolute atomic E-state index is 0.0918. The summed E-state index contributed by atoms with van der Waals surface area (Å²) in [5, 5.41) is 43.6. The van der Waals surface area contributed by atoms with Crippen molar-refractivity contribution in [2.45, 2.75) is 33.6 Å². The molecule has 0 saturated carbocycles. The molecule has 0 aliphatic rings. The number of methoxy groups -OCH3 is 3. The topological polar surface area (TPSA) is 252 Å². The van der Waals surface area contributed by atoms with Crippen molar-refractivity contribution in [3.05, 3.63) is 210 Å². The number of hydrogen-bond acceptors (Lipinski definition) is 21. The molecule has 1 N–H and O–H groups in total. The largest absolute Gasteiger partial charge is 0.497 e. The molecule has 0 aliphatic heterocycles. The van der Waals surface area contributed by atoms with Crippen LogP contribution < -0.4 is 29.0 Å². The van der Waals surface area contributed by atoms with E-state index in [2.05, 4.69) is 75.5 Å². The fourth-order valence-electron chi connectivity index (χ4n) is 9.74. The predicted molar refractivity (Wildman–Crippen MR) is 332 cm³/mol. The number of nitrogens with zero attached hydrogens (tertiary/aromatic N) is 17. The molecule has 23 nitrogen and oxygen atoms in total. The Labute approximate surface area is 522 Å². The second kappa shape index (κ2) is 25.6. The predicted octanol–water partition coefficient (Wildman–Crippen LogP) is 11.8. The van der Waals surface area contributed by atoms with Crippen LogP contribution in [-0.4, -0.2) is 105 Å². The lowest BCUT2D eigenvalue weighted by Gasteiger charge is -2.09. The van der Waals surface area contributed by atoms with Crippen molar-refractivity contribution in [2.24, 2.45) is 0 Å². The van der Waals surface area contributed by atoms with Gasteiger partial charge in [-0.3, -0.25) is 15.0 Å². The first-order chi connectivity index (χ1) is 44.8. The molecule has 0 atom stereocenters. The van der Waals surface area contributed by atoms with E-state index in [4.69, 9.17) is 23.7 Å². The number of halogens is 4. The van der Waals surface area contributed by atoms with Crippen molar-refractivity contribution in [1.82, 2.24) is 83.7 Å². The molecular weight excluding hydrogens is 1210 g/mol. The number of nitrogens with one attached hydrogen (secondary N) is 1. The van der Waals surface area contributed by atoms with Gasteiger partial charge in [-0.1, -0.05) is 0 Å². The summed E-state index contributed by atoms with van der Waals surface area (Å²) in [6.45, 7) is 4.43. The molecule has 0 bridgehead atoms. The smallest absolute Gasteiger partial charge is 0.194 e. The first kappa shape index (κ1) is 59.0. The second-order valence-electron chi connectivity index (χ2n) is 20.3. The van der Waals surface area contributed by atoms with Crippen molar-refractivity contribution >= 4 is 67.0 Å². The van der Waals surface area contributed by atoms with E-state index >= 15 is 0 Å². The fraction of sp³-hybridized carbons (Fsp3) is 0.125. The number of pyridine rings is 4. The van der Waals surface area contributed by atoms with Crippen molar-refractivity contribution < 1.29 is 41.2 Å². The Hall–Kier alpha value is -11.9. The van der Waals surface area contributed by atoms with E-state index in [0.29, 0.717) is 79.6 Å². The van der Waals surface area contributed by atoms with Gasteiger partial charge in [0.05, 0.1) is 78.3 Å². The molecule has 11 aromatic heterocycles. The van der Waals surface area contributed by atoms with Crippen LogP contribution in [0.25, 0.3) is 82.9 Å². The van der Waals surface area contributed by atoms with Gasteiger partial charge in [-0.15, -0.1) is 30.6 Å². The van der Waals surface area contributed by atoms with E-state index in [-0.39, 0.29) is 36.8 Å². The summed E-state index contributed by atoms with van der Waals surface area (Å²) in [4.78, 5) is 18.4. The minimum Gasteiger partial charge on any atom is -0.497 e. The van der Waals surface area contributed by atoms with Crippen LogP contribution in [0.5, 0.6) is 28.7 Å². The Morgan fingerprint density at radius 3 is 1.54 bits per heavy atom. The monoisotopic (exact) mass is 1260 g/mol. The normalized spacial score (nSPS) is 11.2. The van der Waals surface area contributed by atoms with Crippen LogP contribution in [0.4, 0.5) is 23.2 Å². The molecule has 15 aromatic rings. The zero-order chi connectivity index (χ0) is 63.4. The number of fused-ring (bicyclic) bond motifs is 6. The molecule has 11 heterocycles. The van der Waals surface area contributed by atoms with Crippen molar-refractivity contribution in [1.29, 1.82) is 0 Å². The van der Waals surface area contributed by atoms with Gasteiger partial charge in [0, 0.05) is 58.7 Å². The molecule has 0 fully saturated rings. The van der Waals surface area contributed by atoms with Crippen LogP contribution >= 0.6 is 11.5 Å². The molecule has 0 radical (unpaired) electrons. The molecule has 0 amide bonds. The number of aromatic nitrogens is 17. The summed E-state index contributed by atoms with van der Waals surface area (Å²) in [6, 6.07) is 37.6. The van der Waals surface area contributed by atoms with Gasteiger partial charge < -0.3 is 29.0 Å². The van der Waals surface area contributed by atoms with Crippen LogP contribution in [0.15, 0.2) is 158 Å². The van der Waals surface area contributed by atoms with Crippen molar-refractivity contribution in [2.75, 3.05) is 26.6 Å². The standard InChI is InChI=1S/C23H18FN5O2.C21H14F3N7O.C20H16N6O2S/c1-14-9-15(11-16(24)10-14)19-5-6-22-26-27-23(29(22)28-19)13-31-21-7-8-25-20-12-17(30-2)3-4-18(20)21;1-32-12-8-17-21(27-9-12)16(4-5-25-17)26-10-19-29-28-18-3-2-15(30-31(18)19)11-6-13(22)20(24)14(23)7-11;1-12-9-18(29-25-12)15-5-6-19-22-23-20(26(19)24-15)11-28-17-7-8-21-16-10-13(27-2)3-4-14(16)17/h3-12H,13H2,1-2H3;2-9H,10H2,1H3,(H,25,26);3-10H,11H2,1-2H3. The second-order valence-corrected chi connectivity index (χ2v) is 21.1. The molecule has 28 heteroatoms. The number of rotatable bonds is 15. The zero-order valence-electron chi connectivity index (χ0n) is 49.2. The number of aryl methyl sites for hydroxylation is 2. The molecule has 15 rings (SSSR count). The summed E-state index contributed by atoms with van der Waals surface area (Å²) < 4.78 is 91.3. The molecule has 92 heavy (non-hydrogen) atoms. The highest BCUT2D eigenvalue weighted by Crippen LogP contribution is 2.31. The maximum atomic E-state index is 13.8. The summed E-state index contributed by atoms with van der Waals surface area (Å²) in [6.07, 6.45) is 6.63. The lowest BCUT2D eigenvalue weighted by molar-refractivity contribution is 0.296. The quantitative estimate of drug-likeness (QED) is 0.0739. The van der Waals surface area contributed by atoms with Gasteiger partial charge in [0.25, 0.3) is 0 Å². The number of ether oxygens (including phenoxy) is 5. The minimum atomic E-state index is -1.53. The van der Waals surface area contributed by atoms with E-state index in [1.165, 1.54) is 34.2 Å². The Bertz CT molecular complexity index is 5200. The van der Waals surface area contributed by atoms with Gasteiger partial charge in [0.2, 0.25) is 0 Å². The molecule has 0 saturated heterocycles. The molecule has 0 spiro atoms. The van der Waals surface area contributed by atoms with Crippen molar-refractivity contribution in [3.63, 3.8) is 0 Å². The SMILES string of the molecule is COc1ccc2c(OCc3nnc4ccc(-c5cc(C)cc(F)c5)nn34)ccnc2c1.COc1ccc2c(OCc3nnc4ccc(-c5cc(C)ns5)nn34)ccnc2c1.COc1cnc2c(NCc3nnc4ccc(-c5cc(F)c(F)c(F)c5)nn34)ccnc2c1. The zero-order valence-corrected chi connectivity index (χ0v) is 50.0. The highest BCUT2D eigenvalue weighted by molar-refractivity contribution is 7.09. The number of benzene rings is 4. The Morgan fingerprint density at radius 2 is 0.989 bits per heavy atom. The van der Waals surface area contributed by atoms with Crippen LogP contribution in [0.3, 0.4) is 0 Å². The van der Waals surface area contributed by atoms with E-state index < -0.39 is 17.5 Å². The maximum absolute atomic E-state index is 13.8. The van der Waals surface area contributed by atoms with E-state index in [9.17, 15) is 17.6 Å². The van der Waals surface area contributed by atoms with Crippen molar-refractivity contribution in [3.8, 4) is 61.8 Å². The van der Waals surface area contributed by atoms with Gasteiger partial charge in [0.15, 0.2) is 51.9 Å². The van der Waals surface area contributed by atoms with Crippen LogP contribution in [0, 0.1) is 37.1 Å². The average Bonchev–Trinajstić information content (AvgIpc) is 1.75. The third-order valence-corrected chi connectivity index (χ3v) is 15.1. The summed E-state index contributed by atoms with van der Waals surface area (Å²) in [5.74, 6) is 0.632. The van der Waals surface area contributed by atoms with Crippen LogP contribution in [0.1, 0.15) is 28.7 Å². The van der Waals surface area contributed by atoms with E-state index in [1.54, 1.807) is 91.5 Å². The van der Waals surface area contributed by atoms with Crippen LogP contribution in [-0.2, 0) is 19.8 Å². The van der Waals surface area contributed by atoms with Gasteiger partial charge >= 0.3 is 0 Å². The maximum Gasteiger partial charge on any atom is 0.194 e. The third-order valence-electron chi connectivity index (χ3n) is 14.2. The summed E-state index contributed by atoms with van der Waals surface area (Å²) in [5.41, 5.74) is 9.53. The van der Waals surface area contributed by atoms with E-state index in [1.807, 2.05) is 80.6 Å². The Morgan fingerprint density at radius 1 is 0.478 bits per heavy atom. The lowest BCUT2D eigenvalue weighted by Crippen LogP contribution is -2.07. The fourth-order valence-corrected chi connectivity index (χ4v) is 10.5. The average molecular weight is 1260 g/mol. The van der Waals surface area contributed by atoms with Crippen LogP contribution in [0.2, 0.25) is 0 Å². The molecule has 4 aromatic carbocycles. The van der Waals surface area contributed by atoms with Gasteiger partial charge in [0.1, 0.15) is 59.0 Å². The highest BCUT2D eigenvalue weighted by atomic mass is 32.1. The van der Waals surface area contributed by atoms with Gasteiger partial charge in [-0.2, -0.15) is 33.2 Å². The molecular formula is C64H48F4N18O5S. The molecule has 0 unspecified atom stereocenters. The first-order valence-electron chi connectivity index (χ1n) is 28.0. The molecule has 458 valence electrons. The summed E-state index contributed by atoms with van der Waals surface area (Å²) >= 11 is 1.42. The summed E-state index contributed by atoms with van der Waals surface area (Å²) in [7, 11) is 4.80. The number of hydrogen-bond donors (Lipinski definition) is 1.